The topological polar surface area (TPSA) is 17.8 Å². The van der Waals surface area contributed by atoms with Crippen LogP contribution < -0.4 is 0 Å². The molecular formula is C11H13F3N2. The largest absolute Gasteiger partial charge is 0.393 e. The van der Waals surface area contributed by atoms with E-state index in [0.717, 1.165) is 24.4 Å². The summed E-state index contributed by atoms with van der Waals surface area (Å²) in [6, 6.07) is 0. The molecular weight excluding hydrogens is 217 g/mol. The molecule has 0 aromatic carbocycles. The number of hydrogen-bond acceptors (Lipinski definition) is 1. The lowest BCUT2D eigenvalue weighted by atomic mass is 9.99. The fraction of sp³-hybridized carbons (Fsp3) is 0.727. The summed E-state index contributed by atoms with van der Waals surface area (Å²) in [6.07, 6.45) is 0.673. The first-order valence-corrected chi connectivity index (χ1v) is 5.66. The molecule has 1 aliphatic heterocycles. The number of fused-ring (bicyclic) bond motifs is 1. The van der Waals surface area contributed by atoms with Crippen LogP contribution in [0.25, 0.3) is 0 Å². The van der Waals surface area contributed by atoms with Gasteiger partial charge in [-0.05, 0) is 19.3 Å². The van der Waals surface area contributed by atoms with Gasteiger partial charge in [0.05, 0.1) is 11.6 Å². The van der Waals surface area contributed by atoms with Gasteiger partial charge in [-0.2, -0.15) is 13.2 Å². The van der Waals surface area contributed by atoms with Gasteiger partial charge in [-0.3, -0.25) is 0 Å². The monoisotopic (exact) mass is 230 g/mol. The van der Waals surface area contributed by atoms with Crippen molar-refractivity contribution in [1.82, 2.24) is 9.55 Å². The highest BCUT2D eigenvalue weighted by molar-refractivity contribution is 5.16. The predicted molar refractivity (Wildman–Crippen MR) is 52.1 cm³/mol. The lowest BCUT2D eigenvalue weighted by Gasteiger charge is -2.25. The van der Waals surface area contributed by atoms with Crippen molar-refractivity contribution in [3.8, 4) is 0 Å². The molecule has 0 spiro atoms. The van der Waals surface area contributed by atoms with E-state index in [1.165, 1.54) is 0 Å². The van der Waals surface area contributed by atoms with Gasteiger partial charge in [-0.15, -0.1) is 0 Å². The summed E-state index contributed by atoms with van der Waals surface area (Å²) in [5.41, 5.74) is 0.998. The van der Waals surface area contributed by atoms with Gasteiger partial charge in [0.25, 0.3) is 0 Å². The van der Waals surface area contributed by atoms with E-state index in [2.05, 4.69) is 4.98 Å². The molecule has 88 valence electrons. The quantitative estimate of drug-likeness (QED) is 0.725. The molecule has 16 heavy (non-hydrogen) atoms. The van der Waals surface area contributed by atoms with Crippen molar-refractivity contribution < 1.29 is 13.2 Å². The second kappa shape index (κ2) is 3.25. The molecule has 0 radical (unpaired) electrons. The smallest absolute Gasteiger partial charge is 0.334 e. The summed E-state index contributed by atoms with van der Waals surface area (Å²) < 4.78 is 39.4. The lowest BCUT2D eigenvalue weighted by Crippen LogP contribution is -2.31. The third-order valence-corrected chi connectivity index (χ3v) is 3.47. The minimum atomic E-state index is -4.07. The molecule has 2 heterocycles. The van der Waals surface area contributed by atoms with Gasteiger partial charge < -0.3 is 4.57 Å². The molecule has 1 saturated carbocycles. The van der Waals surface area contributed by atoms with Crippen LogP contribution in [0, 0.1) is 5.92 Å². The second-order valence-electron chi connectivity index (χ2n) is 4.79. The molecule has 3 rings (SSSR count). The van der Waals surface area contributed by atoms with Crippen molar-refractivity contribution in [2.45, 2.75) is 44.3 Å². The van der Waals surface area contributed by atoms with Crippen molar-refractivity contribution in [2.24, 2.45) is 5.92 Å². The highest BCUT2D eigenvalue weighted by atomic mass is 19.4. The summed E-state index contributed by atoms with van der Waals surface area (Å²) in [6.45, 7) is 0.0541. The average molecular weight is 230 g/mol. The maximum absolute atomic E-state index is 12.6. The molecule has 5 heteroatoms. The van der Waals surface area contributed by atoms with Gasteiger partial charge in [0.1, 0.15) is 5.82 Å². The Morgan fingerprint density at radius 2 is 2.00 bits per heavy atom. The Hall–Kier alpha value is -1.00. The first-order valence-electron chi connectivity index (χ1n) is 5.66. The number of alkyl halides is 3. The fourth-order valence-corrected chi connectivity index (χ4v) is 2.31. The van der Waals surface area contributed by atoms with Crippen LogP contribution in [0.4, 0.5) is 13.2 Å². The van der Waals surface area contributed by atoms with Crippen LogP contribution in [0.3, 0.4) is 0 Å². The molecule has 0 N–H and O–H groups in total. The highest BCUT2D eigenvalue weighted by Gasteiger charge is 2.42. The molecule has 1 aliphatic carbocycles. The van der Waals surface area contributed by atoms with Crippen LogP contribution in [0.5, 0.6) is 0 Å². The Morgan fingerprint density at radius 1 is 1.25 bits per heavy atom. The zero-order valence-electron chi connectivity index (χ0n) is 8.80. The Labute approximate surface area is 91.5 Å². The number of nitrogens with zero attached hydrogens (tertiary/aromatic N) is 2. The van der Waals surface area contributed by atoms with E-state index in [-0.39, 0.29) is 13.0 Å². The Morgan fingerprint density at radius 3 is 2.62 bits per heavy atom. The van der Waals surface area contributed by atoms with Crippen molar-refractivity contribution in [3.05, 3.63) is 17.7 Å². The number of imidazole rings is 1. The van der Waals surface area contributed by atoms with E-state index in [1.807, 2.05) is 6.20 Å². The molecule has 0 bridgehead atoms. The summed E-state index contributed by atoms with van der Waals surface area (Å²) in [5.74, 6) is 0.158. The van der Waals surface area contributed by atoms with Gasteiger partial charge in [0.15, 0.2) is 0 Å². The molecule has 1 fully saturated rings. The molecule has 1 atom stereocenters. The third kappa shape index (κ3) is 1.72. The number of hydrogen-bond donors (Lipinski definition) is 0. The summed E-state index contributed by atoms with van der Waals surface area (Å²) in [4.78, 5) is 4.42. The lowest BCUT2D eigenvalue weighted by molar-refractivity contribution is -0.182. The molecule has 2 nitrogen and oxygen atoms in total. The van der Waals surface area contributed by atoms with Crippen LogP contribution in [-0.4, -0.2) is 15.7 Å². The maximum Gasteiger partial charge on any atom is 0.393 e. The molecule has 2 aliphatic rings. The molecule has 1 aromatic heterocycles. The second-order valence-corrected chi connectivity index (χ2v) is 4.79. The molecule has 1 unspecified atom stereocenters. The minimum absolute atomic E-state index is 0.0541. The average Bonchev–Trinajstić information content (AvgIpc) is 2.96. The predicted octanol–water partition coefficient (Wildman–Crippen LogP) is 2.89. The summed E-state index contributed by atoms with van der Waals surface area (Å²) in [5, 5.41) is 0. The first-order chi connectivity index (χ1) is 7.54. The number of rotatable bonds is 1. The number of aryl methyl sites for hydroxylation is 1. The molecule has 0 saturated heterocycles. The van der Waals surface area contributed by atoms with E-state index >= 15 is 0 Å². The van der Waals surface area contributed by atoms with E-state index < -0.39 is 12.1 Å². The van der Waals surface area contributed by atoms with Crippen LogP contribution in [0.15, 0.2) is 6.20 Å². The normalized spacial score (nSPS) is 25.6. The highest BCUT2D eigenvalue weighted by Crippen LogP contribution is 2.41. The minimum Gasteiger partial charge on any atom is -0.334 e. The SMILES string of the molecule is FC(F)(F)C1CCc2nc(C3CC3)cn2C1. The van der Waals surface area contributed by atoms with Crippen LogP contribution in [0.1, 0.15) is 36.7 Å². The maximum atomic E-state index is 12.6. The Balaban J connectivity index is 1.82. The standard InChI is InChI=1S/C11H13F3N2/c12-11(13,14)8-3-4-10-15-9(7-1-2-7)6-16(10)5-8/h6-8H,1-5H2. The number of aromatic nitrogens is 2. The van der Waals surface area contributed by atoms with Crippen molar-refractivity contribution in [3.63, 3.8) is 0 Å². The van der Waals surface area contributed by atoms with Gasteiger partial charge in [0, 0.05) is 25.1 Å². The van der Waals surface area contributed by atoms with Crippen LogP contribution in [-0.2, 0) is 13.0 Å². The van der Waals surface area contributed by atoms with E-state index in [9.17, 15) is 13.2 Å². The fourth-order valence-electron chi connectivity index (χ4n) is 2.31. The van der Waals surface area contributed by atoms with Gasteiger partial charge in [0.2, 0.25) is 0 Å². The Bertz CT molecular complexity index is 404. The van der Waals surface area contributed by atoms with Gasteiger partial charge in [-0.25, -0.2) is 4.98 Å². The van der Waals surface area contributed by atoms with Crippen molar-refractivity contribution in [1.29, 1.82) is 0 Å². The van der Waals surface area contributed by atoms with Crippen LogP contribution in [0.2, 0.25) is 0 Å². The third-order valence-electron chi connectivity index (χ3n) is 3.47. The van der Waals surface area contributed by atoms with Gasteiger partial charge >= 0.3 is 6.18 Å². The summed E-state index contributed by atoms with van der Waals surface area (Å²) >= 11 is 0. The van der Waals surface area contributed by atoms with Crippen LogP contribution >= 0.6 is 0 Å². The zero-order chi connectivity index (χ0) is 11.3. The first kappa shape index (κ1) is 10.2. The summed E-state index contributed by atoms with van der Waals surface area (Å²) in [7, 11) is 0. The van der Waals surface area contributed by atoms with Gasteiger partial charge in [-0.1, -0.05) is 0 Å². The number of halogens is 3. The van der Waals surface area contributed by atoms with E-state index in [1.54, 1.807) is 4.57 Å². The van der Waals surface area contributed by atoms with Crippen molar-refractivity contribution in [2.75, 3.05) is 0 Å². The van der Waals surface area contributed by atoms with E-state index in [0.29, 0.717) is 12.3 Å². The van der Waals surface area contributed by atoms with Crippen molar-refractivity contribution >= 4 is 0 Å². The molecule has 1 aromatic rings. The zero-order valence-corrected chi connectivity index (χ0v) is 8.80. The Kier molecular flexibility index (Phi) is 2.06. The van der Waals surface area contributed by atoms with E-state index in [4.69, 9.17) is 0 Å². The molecule has 0 amide bonds.